The van der Waals surface area contributed by atoms with E-state index in [4.69, 9.17) is 0 Å². The molecule has 0 radical (unpaired) electrons. The maximum absolute atomic E-state index is 13.2. The minimum absolute atomic E-state index is 0.178. The number of halogens is 3. The van der Waals surface area contributed by atoms with Crippen molar-refractivity contribution in [3.63, 3.8) is 0 Å². The van der Waals surface area contributed by atoms with Crippen LogP contribution in [0.2, 0.25) is 0 Å². The van der Waals surface area contributed by atoms with E-state index in [1.807, 2.05) is 6.92 Å². The van der Waals surface area contributed by atoms with E-state index in [0.717, 1.165) is 21.5 Å². The van der Waals surface area contributed by atoms with Crippen molar-refractivity contribution >= 4 is 34.0 Å². The van der Waals surface area contributed by atoms with Gasteiger partial charge in [-0.2, -0.15) is 0 Å². The van der Waals surface area contributed by atoms with Crippen LogP contribution < -0.4 is 15.9 Å². The first-order chi connectivity index (χ1) is 15.6. The smallest absolute Gasteiger partial charge is 0.124 e. The standard InChI is InChI=1S/C18H12F3P.C7H8O3S/c19-13-1-7-16(8-2-13)22(17-9-3-14(20)4-10-17)18-11-5-15(21)6-12-18;1-6-2-4-7(5-3-6)11(8,9)10/h1-12H;2-5H,1H3,(H,8,9,10). The minimum Gasteiger partial charge on any atom is -0.744 e. The zero-order chi connectivity index (χ0) is 24.0. The van der Waals surface area contributed by atoms with Crippen LogP contribution in [-0.2, 0) is 10.1 Å². The van der Waals surface area contributed by atoms with Crippen molar-refractivity contribution in [3.8, 4) is 0 Å². The summed E-state index contributed by atoms with van der Waals surface area (Å²) in [6.45, 7) is 1.82. The van der Waals surface area contributed by atoms with Crippen molar-refractivity contribution in [2.45, 2.75) is 11.8 Å². The van der Waals surface area contributed by atoms with Crippen LogP contribution in [0.15, 0.2) is 102 Å². The Hall–Kier alpha value is -2.99. The van der Waals surface area contributed by atoms with Crippen molar-refractivity contribution in [1.29, 1.82) is 0 Å². The van der Waals surface area contributed by atoms with Crippen LogP contribution in [-0.4, -0.2) is 13.0 Å². The third kappa shape index (κ3) is 6.99. The molecule has 0 N–H and O–H groups in total. The predicted octanol–water partition coefficient (Wildman–Crippen LogP) is 4.49. The monoisotopic (exact) mass is 488 g/mol. The summed E-state index contributed by atoms with van der Waals surface area (Å²) >= 11 is 0. The quantitative estimate of drug-likeness (QED) is 0.314. The number of aryl methyl sites for hydroxylation is 1. The molecule has 4 rings (SSSR count). The maximum atomic E-state index is 13.2. The van der Waals surface area contributed by atoms with E-state index >= 15 is 0 Å². The van der Waals surface area contributed by atoms with Crippen LogP contribution in [0.1, 0.15) is 5.56 Å². The second-order valence-corrected chi connectivity index (χ2v) is 11.0. The Labute approximate surface area is 192 Å². The lowest BCUT2D eigenvalue weighted by Gasteiger charge is -2.10. The van der Waals surface area contributed by atoms with Gasteiger partial charge >= 0.3 is 0 Å². The Kier molecular flexibility index (Phi) is 8.03. The molecule has 0 aliphatic heterocycles. The first-order valence-electron chi connectivity index (χ1n) is 9.81. The molecule has 3 nitrogen and oxygen atoms in total. The first-order valence-corrected chi connectivity index (χ1v) is 12.7. The lowest BCUT2D eigenvalue weighted by atomic mass is 10.2. The van der Waals surface area contributed by atoms with Gasteiger partial charge in [0.1, 0.15) is 43.5 Å². The molecular formula is C25H20F3O3PS. The Morgan fingerprint density at radius 1 is 0.576 bits per heavy atom. The van der Waals surface area contributed by atoms with Gasteiger partial charge in [0.2, 0.25) is 0 Å². The highest BCUT2D eigenvalue weighted by Crippen LogP contribution is 2.32. The third-order valence-corrected chi connectivity index (χ3v) is 8.29. The van der Waals surface area contributed by atoms with E-state index in [0.29, 0.717) is 0 Å². The molecular weight excluding hydrogens is 468 g/mol. The number of hydrogen-bond acceptors (Lipinski definition) is 3. The van der Waals surface area contributed by atoms with Crippen molar-refractivity contribution < 1.29 is 26.1 Å². The molecule has 0 saturated carbocycles. The highest BCUT2D eigenvalue weighted by molar-refractivity contribution is 7.85. The summed E-state index contributed by atoms with van der Waals surface area (Å²) in [4.78, 5) is -0.178. The average molecular weight is 488 g/mol. The molecule has 33 heavy (non-hydrogen) atoms. The molecule has 0 heterocycles. The van der Waals surface area contributed by atoms with Gasteiger partial charge in [-0.1, -0.05) is 17.7 Å². The summed E-state index contributed by atoms with van der Waals surface area (Å²) in [5.74, 6) is -0.907. The topological polar surface area (TPSA) is 57.2 Å². The molecule has 0 aromatic heterocycles. The van der Waals surface area contributed by atoms with E-state index in [1.165, 1.54) is 48.5 Å². The summed E-state index contributed by atoms with van der Waals surface area (Å²) in [6, 6.07) is 24.6. The molecule has 0 bridgehead atoms. The molecule has 0 unspecified atom stereocenters. The summed E-state index contributed by atoms with van der Waals surface area (Å²) in [5.41, 5.74) is 0.928. The Bertz CT molecular complexity index is 1180. The number of hydrogen-bond donors (Lipinski definition) is 0. The Morgan fingerprint density at radius 3 is 1.15 bits per heavy atom. The van der Waals surface area contributed by atoms with Gasteiger partial charge < -0.3 is 4.55 Å². The molecule has 0 saturated heterocycles. The zero-order valence-electron chi connectivity index (χ0n) is 17.5. The van der Waals surface area contributed by atoms with Gasteiger partial charge in [0.15, 0.2) is 0 Å². The van der Waals surface area contributed by atoms with Crippen LogP contribution in [0.3, 0.4) is 0 Å². The van der Waals surface area contributed by atoms with Crippen molar-refractivity contribution in [2.75, 3.05) is 0 Å². The predicted molar refractivity (Wildman–Crippen MR) is 126 cm³/mol. The zero-order valence-corrected chi connectivity index (χ0v) is 19.3. The van der Waals surface area contributed by atoms with E-state index in [1.54, 1.807) is 48.5 Å². The highest BCUT2D eigenvalue weighted by atomic mass is 32.2. The van der Waals surface area contributed by atoms with Crippen LogP contribution in [0, 0.1) is 24.4 Å². The SMILES string of the molecule is Cc1ccc(S(=O)(=O)[O-])cc1.Fc1ccc([PH+](c2ccc(F)cc2)c2ccc(F)cc2)cc1. The van der Waals surface area contributed by atoms with Gasteiger partial charge in [-0.3, -0.25) is 0 Å². The summed E-state index contributed by atoms with van der Waals surface area (Å²) in [6.07, 6.45) is 0. The van der Waals surface area contributed by atoms with Gasteiger partial charge in [-0.15, -0.1) is 0 Å². The number of benzene rings is 4. The van der Waals surface area contributed by atoms with E-state index in [-0.39, 0.29) is 22.3 Å². The molecule has 4 aromatic carbocycles. The van der Waals surface area contributed by atoms with Crippen LogP contribution in [0.5, 0.6) is 0 Å². The van der Waals surface area contributed by atoms with E-state index < -0.39 is 18.0 Å². The third-order valence-electron chi connectivity index (χ3n) is 4.71. The van der Waals surface area contributed by atoms with E-state index in [2.05, 4.69) is 0 Å². The van der Waals surface area contributed by atoms with Gasteiger partial charge in [-0.05, 0) is 91.9 Å². The summed E-state index contributed by atoms with van der Waals surface area (Å²) in [7, 11) is -5.70. The molecule has 0 aliphatic rings. The minimum atomic E-state index is -4.27. The fraction of sp³-hybridized carbons (Fsp3) is 0.0400. The van der Waals surface area contributed by atoms with Crippen molar-refractivity contribution in [1.82, 2.24) is 0 Å². The largest absolute Gasteiger partial charge is 0.744 e. The maximum Gasteiger partial charge on any atom is 0.124 e. The lowest BCUT2D eigenvalue weighted by Crippen LogP contribution is -2.20. The molecule has 0 fully saturated rings. The van der Waals surface area contributed by atoms with E-state index in [9.17, 15) is 26.1 Å². The van der Waals surface area contributed by atoms with Gasteiger partial charge in [-0.25, -0.2) is 21.6 Å². The number of rotatable bonds is 4. The summed E-state index contributed by atoms with van der Waals surface area (Å²) in [5, 5.41) is 2.89. The highest BCUT2D eigenvalue weighted by Gasteiger charge is 2.25. The molecule has 170 valence electrons. The van der Waals surface area contributed by atoms with Crippen LogP contribution in [0.4, 0.5) is 13.2 Å². The molecule has 0 aliphatic carbocycles. The van der Waals surface area contributed by atoms with Gasteiger partial charge in [0.25, 0.3) is 0 Å². The van der Waals surface area contributed by atoms with Crippen LogP contribution in [0.25, 0.3) is 0 Å². The fourth-order valence-corrected chi connectivity index (χ4v) is 6.02. The van der Waals surface area contributed by atoms with Crippen LogP contribution >= 0.6 is 7.92 Å². The fourth-order valence-electron chi connectivity index (χ4n) is 3.05. The second kappa shape index (κ2) is 10.8. The summed E-state index contributed by atoms with van der Waals surface area (Å²) < 4.78 is 70.7. The molecule has 4 aromatic rings. The second-order valence-electron chi connectivity index (χ2n) is 7.16. The van der Waals surface area contributed by atoms with Gasteiger partial charge in [0, 0.05) is 0 Å². The lowest BCUT2D eigenvalue weighted by molar-refractivity contribution is 0.463. The van der Waals surface area contributed by atoms with Crippen molar-refractivity contribution in [2.24, 2.45) is 0 Å². The average Bonchev–Trinajstić information content (AvgIpc) is 2.78. The molecule has 0 amide bonds. The Balaban J connectivity index is 0.000000235. The molecule has 0 atom stereocenters. The molecule has 0 spiro atoms. The van der Waals surface area contributed by atoms with Crippen molar-refractivity contribution in [3.05, 3.63) is 120 Å². The Morgan fingerprint density at radius 2 is 0.879 bits per heavy atom. The van der Waals surface area contributed by atoms with Gasteiger partial charge in [0.05, 0.1) is 12.8 Å². The molecule has 8 heteroatoms. The normalized spacial score (nSPS) is 11.1. The first kappa shape index (κ1) is 24.6.